The number of rotatable bonds is 3. The Bertz CT molecular complexity index is 397. The third-order valence-electron chi connectivity index (χ3n) is 3.34. The van der Waals surface area contributed by atoms with Crippen LogP contribution in [-0.4, -0.2) is 28.1 Å². The summed E-state index contributed by atoms with van der Waals surface area (Å²) in [5.41, 5.74) is 0.0400. The number of hydrogen-bond acceptors (Lipinski definition) is 4. The molecule has 0 atom stereocenters. The van der Waals surface area contributed by atoms with Gasteiger partial charge in [0.1, 0.15) is 5.69 Å². The molecule has 0 spiro atoms. The van der Waals surface area contributed by atoms with Gasteiger partial charge in [0, 0.05) is 5.38 Å². The van der Waals surface area contributed by atoms with E-state index in [-0.39, 0.29) is 12.5 Å². The molecular formula is C12H18N2O2S. The summed E-state index contributed by atoms with van der Waals surface area (Å²) in [6.07, 6.45) is 5.04. The third kappa shape index (κ3) is 2.84. The SMILES string of the molecule is Cc1nc(C(=O)NC2(CO)CCCCC2)cs1. The van der Waals surface area contributed by atoms with Gasteiger partial charge in [-0.3, -0.25) is 4.79 Å². The lowest BCUT2D eigenvalue weighted by Crippen LogP contribution is -2.52. The summed E-state index contributed by atoms with van der Waals surface area (Å²) in [6.45, 7) is 1.89. The highest BCUT2D eigenvalue weighted by atomic mass is 32.1. The molecule has 5 heteroatoms. The van der Waals surface area contributed by atoms with E-state index in [1.54, 1.807) is 5.38 Å². The van der Waals surface area contributed by atoms with Gasteiger partial charge in [0.05, 0.1) is 17.2 Å². The minimum absolute atomic E-state index is 0.0157. The zero-order valence-electron chi connectivity index (χ0n) is 10.0. The lowest BCUT2D eigenvalue weighted by Gasteiger charge is -2.36. The maximum atomic E-state index is 12.0. The number of nitrogens with zero attached hydrogens (tertiary/aromatic N) is 1. The number of thiazole rings is 1. The molecule has 2 N–H and O–H groups in total. The molecular weight excluding hydrogens is 236 g/mol. The van der Waals surface area contributed by atoms with Crippen LogP contribution in [0.5, 0.6) is 0 Å². The molecule has 0 unspecified atom stereocenters. The lowest BCUT2D eigenvalue weighted by atomic mass is 9.82. The highest BCUT2D eigenvalue weighted by Crippen LogP contribution is 2.28. The van der Waals surface area contributed by atoms with Crippen molar-refractivity contribution >= 4 is 17.2 Å². The van der Waals surface area contributed by atoms with Crippen LogP contribution >= 0.6 is 11.3 Å². The first-order valence-corrected chi connectivity index (χ1v) is 6.89. The number of aryl methyl sites for hydroxylation is 1. The van der Waals surface area contributed by atoms with Crippen LogP contribution in [0.25, 0.3) is 0 Å². The number of aliphatic hydroxyl groups excluding tert-OH is 1. The lowest BCUT2D eigenvalue weighted by molar-refractivity contribution is 0.0754. The summed E-state index contributed by atoms with van der Waals surface area (Å²) in [6, 6.07) is 0. The number of carbonyl (C=O) groups excluding carboxylic acids is 1. The van der Waals surface area contributed by atoms with E-state index >= 15 is 0 Å². The fourth-order valence-electron chi connectivity index (χ4n) is 2.32. The molecule has 0 aliphatic heterocycles. The summed E-state index contributed by atoms with van der Waals surface area (Å²) in [5.74, 6) is -0.162. The highest BCUT2D eigenvalue weighted by molar-refractivity contribution is 7.09. The van der Waals surface area contributed by atoms with Crippen LogP contribution in [0, 0.1) is 6.92 Å². The fraction of sp³-hybridized carbons (Fsp3) is 0.667. The number of aliphatic hydroxyl groups is 1. The van der Waals surface area contributed by atoms with Crippen molar-refractivity contribution in [1.29, 1.82) is 0 Å². The fourth-order valence-corrected chi connectivity index (χ4v) is 2.92. The van der Waals surface area contributed by atoms with Gasteiger partial charge in [-0.1, -0.05) is 19.3 Å². The Morgan fingerprint density at radius 1 is 1.53 bits per heavy atom. The minimum atomic E-state index is -0.424. The van der Waals surface area contributed by atoms with Gasteiger partial charge in [0.15, 0.2) is 0 Å². The summed E-state index contributed by atoms with van der Waals surface area (Å²) in [4.78, 5) is 16.2. The zero-order chi connectivity index (χ0) is 12.3. The molecule has 17 heavy (non-hydrogen) atoms. The van der Waals surface area contributed by atoms with Gasteiger partial charge in [0.25, 0.3) is 5.91 Å². The molecule has 2 rings (SSSR count). The standard InChI is InChI=1S/C12H18N2O2S/c1-9-13-10(7-17-9)11(16)14-12(8-15)5-3-2-4-6-12/h7,15H,2-6,8H2,1H3,(H,14,16). The molecule has 94 valence electrons. The van der Waals surface area contributed by atoms with Gasteiger partial charge < -0.3 is 10.4 Å². The van der Waals surface area contributed by atoms with Crippen LogP contribution in [0.15, 0.2) is 5.38 Å². The molecule has 0 saturated heterocycles. The molecule has 4 nitrogen and oxygen atoms in total. The predicted octanol–water partition coefficient (Wildman–Crippen LogP) is 1.88. The minimum Gasteiger partial charge on any atom is -0.394 e. The topological polar surface area (TPSA) is 62.2 Å². The number of carbonyl (C=O) groups is 1. The van der Waals surface area contributed by atoms with Crippen LogP contribution in [0.3, 0.4) is 0 Å². The molecule has 1 aromatic rings. The van der Waals surface area contributed by atoms with Gasteiger partial charge in [-0.15, -0.1) is 11.3 Å². The Morgan fingerprint density at radius 3 is 2.76 bits per heavy atom. The molecule has 0 bridgehead atoms. The molecule has 1 amide bonds. The summed E-state index contributed by atoms with van der Waals surface area (Å²) in [7, 11) is 0. The van der Waals surface area contributed by atoms with Crippen molar-refractivity contribution in [2.45, 2.75) is 44.6 Å². The van der Waals surface area contributed by atoms with E-state index in [1.165, 1.54) is 17.8 Å². The third-order valence-corrected chi connectivity index (χ3v) is 4.12. The smallest absolute Gasteiger partial charge is 0.271 e. The molecule has 1 heterocycles. The molecule has 1 aliphatic carbocycles. The van der Waals surface area contributed by atoms with Crippen molar-refractivity contribution in [2.24, 2.45) is 0 Å². The Labute approximate surface area is 105 Å². The van der Waals surface area contributed by atoms with E-state index in [0.717, 1.165) is 30.7 Å². The number of aromatic nitrogens is 1. The van der Waals surface area contributed by atoms with Gasteiger partial charge >= 0.3 is 0 Å². The second kappa shape index (κ2) is 5.14. The molecule has 0 radical (unpaired) electrons. The Balaban J connectivity index is 2.05. The summed E-state index contributed by atoms with van der Waals surface area (Å²) >= 11 is 1.47. The normalized spacial score (nSPS) is 18.9. The Hall–Kier alpha value is -0.940. The zero-order valence-corrected chi connectivity index (χ0v) is 10.8. The average molecular weight is 254 g/mol. The first-order valence-electron chi connectivity index (χ1n) is 6.01. The molecule has 1 saturated carbocycles. The van der Waals surface area contributed by atoms with Gasteiger partial charge in [-0.05, 0) is 19.8 Å². The van der Waals surface area contributed by atoms with Crippen LogP contribution in [0.4, 0.5) is 0 Å². The number of nitrogens with one attached hydrogen (secondary N) is 1. The second-order valence-corrected chi connectivity index (χ2v) is 5.77. The Morgan fingerprint density at radius 2 is 2.24 bits per heavy atom. The maximum Gasteiger partial charge on any atom is 0.271 e. The summed E-state index contributed by atoms with van der Waals surface area (Å²) in [5, 5.41) is 15.1. The van der Waals surface area contributed by atoms with E-state index in [9.17, 15) is 9.90 Å². The molecule has 1 aromatic heterocycles. The van der Waals surface area contributed by atoms with Crippen molar-refractivity contribution in [3.8, 4) is 0 Å². The van der Waals surface area contributed by atoms with Gasteiger partial charge in [-0.25, -0.2) is 4.98 Å². The van der Waals surface area contributed by atoms with E-state index in [4.69, 9.17) is 0 Å². The second-order valence-electron chi connectivity index (χ2n) is 4.70. The molecule has 1 aliphatic rings. The molecule has 1 fully saturated rings. The summed E-state index contributed by atoms with van der Waals surface area (Å²) < 4.78 is 0. The number of hydrogen-bond donors (Lipinski definition) is 2. The van der Waals surface area contributed by atoms with Crippen molar-refractivity contribution < 1.29 is 9.90 Å². The van der Waals surface area contributed by atoms with E-state index < -0.39 is 5.54 Å². The molecule has 0 aromatic carbocycles. The highest BCUT2D eigenvalue weighted by Gasteiger charge is 2.33. The van der Waals surface area contributed by atoms with Crippen LogP contribution in [-0.2, 0) is 0 Å². The quantitative estimate of drug-likeness (QED) is 0.865. The van der Waals surface area contributed by atoms with Gasteiger partial charge in [-0.2, -0.15) is 0 Å². The monoisotopic (exact) mass is 254 g/mol. The van der Waals surface area contributed by atoms with E-state index in [1.807, 2.05) is 6.92 Å². The largest absolute Gasteiger partial charge is 0.394 e. The van der Waals surface area contributed by atoms with Crippen LogP contribution in [0.2, 0.25) is 0 Å². The number of amides is 1. The average Bonchev–Trinajstić information content (AvgIpc) is 2.77. The first-order chi connectivity index (χ1) is 8.15. The maximum absolute atomic E-state index is 12.0. The van der Waals surface area contributed by atoms with Crippen molar-refractivity contribution in [1.82, 2.24) is 10.3 Å². The van der Waals surface area contributed by atoms with E-state index in [2.05, 4.69) is 10.3 Å². The van der Waals surface area contributed by atoms with Crippen LogP contribution in [0.1, 0.15) is 47.6 Å². The van der Waals surface area contributed by atoms with Crippen LogP contribution < -0.4 is 5.32 Å². The van der Waals surface area contributed by atoms with E-state index in [0.29, 0.717) is 5.69 Å². The van der Waals surface area contributed by atoms with Crippen molar-refractivity contribution in [3.63, 3.8) is 0 Å². The van der Waals surface area contributed by atoms with Crippen molar-refractivity contribution in [3.05, 3.63) is 16.1 Å². The van der Waals surface area contributed by atoms with Crippen molar-refractivity contribution in [2.75, 3.05) is 6.61 Å². The van der Waals surface area contributed by atoms with Gasteiger partial charge in [0.2, 0.25) is 0 Å². The Kier molecular flexibility index (Phi) is 3.79. The predicted molar refractivity (Wildman–Crippen MR) is 67.2 cm³/mol. The first kappa shape index (κ1) is 12.5.